The van der Waals surface area contributed by atoms with E-state index in [1.54, 1.807) is 33.8 Å². The van der Waals surface area contributed by atoms with Gasteiger partial charge in [-0.05, 0) is 67.8 Å². The Hall–Kier alpha value is -3.91. The van der Waals surface area contributed by atoms with Gasteiger partial charge in [-0.3, -0.25) is 4.79 Å². The average molecular weight is 490 g/mol. The van der Waals surface area contributed by atoms with Gasteiger partial charge in [0.15, 0.2) is 5.76 Å². The van der Waals surface area contributed by atoms with Gasteiger partial charge >= 0.3 is 0 Å². The zero-order chi connectivity index (χ0) is 24.9. The SMILES string of the molecule is CCc1nn(-c2ccccc2)c(Oc2ccc(F)cc2)c1CN(C[C@@H]1CCCO1)C(=O)c1ccco1. The zero-order valence-electron chi connectivity index (χ0n) is 20.1. The van der Waals surface area contributed by atoms with E-state index in [0.717, 1.165) is 29.8 Å². The fourth-order valence-electron chi connectivity index (χ4n) is 4.38. The van der Waals surface area contributed by atoms with Crippen molar-refractivity contribution in [3.8, 4) is 17.3 Å². The van der Waals surface area contributed by atoms with Crippen molar-refractivity contribution in [2.24, 2.45) is 0 Å². The van der Waals surface area contributed by atoms with Crippen LogP contribution in [0.1, 0.15) is 41.6 Å². The Morgan fingerprint density at radius 2 is 1.94 bits per heavy atom. The Kier molecular flexibility index (Phi) is 7.13. The fraction of sp³-hybridized carbons (Fsp3) is 0.286. The standard InChI is InChI=1S/C28H28FN3O4/c1-2-25-24(19-31(18-23-10-6-16-34-23)27(33)26-11-7-17-35-26)28(36-22-14-12-20(29)13-15-22)32(30-25)21-8-4-3-5-9-21/h3-5,7-9,11-15,17,23H,2,6,10,16,18-19H2,1H3/t23-/m0/s1. The molecule has 0 aliphatic carbocycles. The fourth-order valence-corrected chi connectivity index (χ4v) is 4.38. The van der Waals surface area contributed by atoms with Crippen molar-refractivity contribution in [3.05, 3.63) is 95.8 Å². The van der Waals surface area contributed by atoms with Crippen molar-refractivity contribution in [1.82, 2.24) is 14.7 Å². The van der Waals surface area contributed by atoms with Gasteiger partial charge in [-0.15, -0.1) is 0 Å². The van der Waals surface area contributed by atoms with Crippen LogP contribution in [-0.4, -0.2) is 39.8 Å². The molecule has 0 spiro atoms. The zero-order valence-corrected chi connectivity index (χ0v) is 20.1. The van der Waals surface area contributed by atoms with Crippen LogP contribution in [0.15, 0.2) is 77.4 Å². The Morgan fingerprint density at radius 1 is 1.14 bits per heavy atom. The van der Waals surface area contributed by atoms with Crippen LogP contribution in [0.4, 0.5) is 4.39 Å². The van der Waals surface area contributed by atoms with Gasteiger partial charge in [0, 0.05) is 13.2 Å². The number of hydrogen-bond donors (Lipinski definition) is 0. The third-order valence-electron chi connectivity index (χ3n) is 6.20. The molecule has 0 unspecified atom stereocenters. The molecule has 36 heavy (non-hydrogen) atoms. The van der Waals surface area contributed by atoms with Crippen molar-refractivity contribution in [3.63, 3.8) is 0 Å². The summed E-state index contributed by atoms with van der Waals surface area (Å²) in [5.74, 6) is 0.648. The molecule has 1 aliphatic heterocycles. The molecular weight excluding hydrogens is 461 g/mol. The summed E-state index contributed by atoms with van der Waals surface area (Å²) in [6, 6.07) is 18.9. The summed E-state index contributed by atoms with van der Waals surface area (Å²) < 4.78 is 32.9. The molecule has 1 amide bonds. The lowest BCUT2D eigenvalue weighted by Gasteiger charge is -2.25. The third-order valence-corrected chi connectivity index (χ3v) is 6.20. The Balaban J connectivity index is 1.56. The molecule has 1 fully saturated rings. The molecule has 2 aromatic carbocycles. The number of ether oxygens (including phenoxy) is 2. The highest BCUT2D eigenvalue weighted by molar-refractivity contribution is 5.91. The molecule has 186 valence electrons. The highest BCUT2D eigenvalue weighted by atomic mass is 19.1. The topological polar surface area (TPSA) is 69.7 Å². The number of rotatable bonds is 9. The minimum Gasteiger partial charge on any atom is -0.459 e. The predicted octanol–water partition coefficient (Wildman–Crippen LogP) is 5.78. The summed E-state index contributed by atoms with van der Waals surface area (Å²) in [5.41, 5.74) is 2.41. The Bertz CT molecular complexity index is 1280. The van der Waals surface area contributed by atoms with Gasteiger partial charge in [-0.1, -0.05) is 25.1 Å². The van der Waals surface area contributed by atoms with Gasteiger partial charge in [0.2, 0.25) is 5.88 Å². The molecule has 1 aliphatic rings. The molecule has 0 bridgehead atoms. The summed E-state index contributed by atoms with van der Waals surface area (Å²) in [6.45, 7) is 3.39. The van der Waals surface area contributed by atoms with Crippen LogP contribution >= 0.6 is 0 Å². The number of furan rings is 1. The van der Waals surface area contributed by atoms with Gasteiger partial charge in [-0.25, -0.2) is 9.07 Å². The normalized spacial score (nSPS) is 15.2. The largest absolute Gasteiger partial charge is 0.459 e. The molecule has 7 nitrogen and oxygen atoms in total. The van der Waals surface area contributed by atoms with E-state index < -0.39 is 0 Å². The smallest absolute Gasteiger partial charge is 0.289 e. The Labute approximate surface area is 209 Å². The number of carbonyl (C=O) groups is 1. The molecule has 5 rings (SSSR count). The lowest BCUT2D eigenvalue weighted by molar-refractivity contribution is 0.0482. The first-order valence-corrected chi connectivity index (χ1v) is 12.2. The number of hydrogen-bond acceptors (Lipinski definition) is 5. The van der Waals surface area contributed by atoms with Gasteiger partial charge in [0.25, 0.3) is 5.91 Å². The maximum Gasteiger partial charge on any atom is 0.289 e. The van der Waals surface area contributed by atoms with E-state index >= 15 is 0 Å². The predicted molar refractivity (Wildman–Crippen MR) is 132 cm³/mol. The maximum absolute atomic E-state index is 13.6. The number of benzene rings is 2. The van der Waals surface area contributed by atoms with Crippen LogP contribution in [0.3, 0.4) is 0 Å². The van der Waals surface area contributed by atoms with E-state index in [1.165, 1.54) is 18.4 Å². The number of aryl methyl sites for hydroxylation is 1. The number of nitrogens with zero attached hydrogens (tertiary/aromatic N) is 3. The van der Waals surface area contributed by atoms with E-state index in [-0.39, 0.29) is 30.1 Å². The molecule has 4 aromatic rings. The van der Waals surface area contributed by atoms with E-state index in [9.17, 15) is 9.18 Å². The van der Waals surface area contributed by atoms with Gasteiger partial charge < -0.3 is 18.8 Å². The summed E-state index contributed by atoms with van der Waals surface area (Å²) in [7, 11) is 0. The summed E-state index contributed by atoms with van der Waals surface area (Å²) >= 11 is 0. The van der Waals surface area contributed by atoms with Crippen LogP contribution in [0.2, 0.25) is 0 Å². The molecule has 0 saturated carbocycles. The Morgan fingerprint density at radius 3 is 2.61 bits per heavy atom. The number of amides is 1. The van der Waals surface area contributed by atoms with Crippen LogP contribution < -0.4 is 4.74 Å². The molecular formula is C28H28FN3O4. The minimum absolute atomic E-state index is 0.0420. The number of para-hydroxylation sites is 1. The monoisotopic (exact) mass is 489 g/mol. The maximum atomic E-state index is 13.6. The molecule has 1 atom stereocenters. The van der Waals surface area contributed by atoms with Crippen molar-refractivity contribution in [2.45, 2.75) is 38.8 Å². The van der Waals surface area contributed by atoms with Crippen molar-refractivity contribution in [1.29, 1.82) is 0 Å². The van der Waals surface area contributed by atoms with Crippen molar-refractivity contribution in [2.75, 3.05) is 13.2 Å². The highest BCUT2D eigenvalue weighted by Crippen LogP contribution is 2.33. The van der Waals surface area contributed by atoms with Gasteiger partial charge in [-0.2, -0.15) is 5.10 Å². The lowest BCUT2D eigenvalue weighted by atomic mass is 10.1. The van der Waals surface area contributed by atoms with E-state index in [1.807, 2.05) is 37.3 Å². The summed E-state index contributed by atoms with van der Waals surface area (Å²) in [4.78, 5) is 15.2. The number of carbonyl (C=O) groups excluding carboxylic acids is 1. The minimum atomic E-state index is -0.347. The first-order chi connectivity index (χ1) is 17.6. The third kappa shape index (κ3) is 5.18. The van der Waals surface area contributed by atoms with Crippen molar-refractivity contribution < 1.29 is 23.1 Å². The van der Waals surface area contributed by atoms with E-state index in [2.05, 4.69) is 0 Å². The van der Waals surface area contributed by atoms with Crippen molar-refractivity contribution >= 4 is 5.91 Å². The van der Waals surface area contributed by atoms with E-state index in [0.29, 0.717) is 31.2 Å². The summed E-state index contributed by atoms with van der Waals surface area (Å²) in [5, 5.41) is 4.84. The van der Waals surface area contributed by atoms with Crippen LogP contribution in [0.25, 0.3) is 5.69 Å². The molecule has 2 aromatic heterocycles. The van der Waals surface area contributed by atoms with Crippen LogP contribution in [0, 0.1) is 5.82 Å². The van der Waals surface area contributed by atoms with Crippen LogP contribution in [0.5, 0.6) is 11.6 Å². The highest BCUT2D eigenvalue weighted by Gasteiger charge is 2.29. The first-order valence-electron chi connectivity index (χ1n) is 12.2. The first kappa shape index (κ1) is 23.8. The second kappa shape index (κ2) is 10.8. The molecule has 3 heterocycles. The quantitative estimate of drug-likeness (QED) is 0.298. The van der Waals surface area contributed by atoms with Gasteiger partial charge in [0.05, 0.1) is 35.9 Å². The second-order valence-corrected chi connectivity index (χ2v) is 8.69. The summed E-state index contributed by atoms with van der Waals surface area (Å²) in [6.07, 6.45) is 3.95. The molecule has 8 heteroatoms. The average Bonchev–Trinajstić information content (AvgIpc) is 3.68. The molecule has 1 saturated heterocycles. The number of aromatic nitrogens is 2. The number of halogens is 1. The molecule has 0 N–H and O–H groups in total. The lowest BCUT2D eigenvalue weighted by Crippen LogP contribution is -2.37. The second-order valence-electron chi connectivity index (χ2n) is 8.69. The van der Waals surface area contributed by atoms with Crippen LogP contribution in [-0.2, 0) is 17.7 Å². The van der Waals surface area contributed by atoms with E-state index in [4.69, 9.17) is 19.0 Å². The molecule has 0 radical (unpaired) electrons. The van der Waals surface area contributed by atoms with Gasteiger partial charge in [0.1, 0.15) is 11.6 Å².